The smallest absolute Gasteiger partial charge is 0.0625 e. The Morgan fingerprint density at radius 2 is 1.24 bits per heavy atom. The molecule has 194 valence electrons. The molecule has 5 aliphatic rings. The minimum absolute atomic E-state index is 0.256. The van der Waals surface area contributed by atoms with Gasteiger partial charge in [0.25, 0.3) is 0 Å². The third-order valence-corrected chi connectivity index (χ3v) is 13.4. The molecule has 0 aromatic carbocycles. The molecular formula is C32H54O2. The van der Waals surface area contributed by atoms with Gasteiger partial charge in [0.2, 0.25) is 0 Å². The summed E-state index contributed by atoms with van der Waals surface area (Å²) in [5, 5.41) is 0. The van der Waals surface area contributed by atoms with Crippen molar-refractivity contribution in [2.45, 2.75) is 125 Å². The molecule has 2 nitrogen and oxygen atoms in total. The summed E-state index contributed by atoms with van der Waals surface area (Å²) in [5.74, 6) is 3.13. The van der Waals surface area contributed by atoms with E-state index < -0.39 is 0 Å². The Morgan fingerprint density at radius 3 is 1.85 bits per heavy atom. The first-order chi connectivity index (χ1) is 15.8. The first kappa shape index (κ1) is 25.3. The summed E-state index contributed by atoms with van der Waals surface area (Å²) in [6, 6.07) is 0. The third kappa shape index (κ3) is 3.32. The fraction of sp³-hybridized carbons (Fsp3) is 0.938. The van der Waals surface area contributed by atoms with Crippen molar-refractivity contribution < 1.29 is 9.47 Å². The van der Waals surface area contributed by atoms with Gasteiger partial charge in [-0.05, 0) is 115 Å². The molecule has 0 bridgehead atoms. The van der Waals surface area contributed by atoms with Crippen LogP contribution in [0.3, 0.4) is 0 Å². The molecule has 0 spiro atoms. The van der Waals surface area contributed by atoms with Gasteiger partial charge < -0.3 is 9.47 Å². The summed E-state index contributed by atoms with van der Waals surface area (Å²) in [7, 11) is 3.88. The van der Waals surface area contributed by atoms with Crippen LogP contribution in [-0.2, 0) is 9.47 Å². The highest BCUT2D eigenvalue weighted by Crippen LogP contribution is 2.70. The molecule has 4 saturated carbocycles. The Balaban J connectivity index is 1.48. The van der Waals surface area contributed by atoms with Gasteiger partial charge >= 0.3 is 0 Å². The highest BCUT2D eigenvalue weighted by atomic mass is 16.5. The second-order valence-corrected chi connectivity index (χ2v) is 15.4. The molecule has 0 heterocycles. The number of fused-ring (bicyclic) bond motifs is 6. The largest absolute Gasteiger partial charge is 0.381 e. The van der Waals surface area contributed by atoms with Crippen molar-refractivity contribution >= 4 is 0 Å². The fourth-order valence-corrected chi connectivity index (χ4v) is 11.8. The van der Waals surface area contributed by atoms with Gasteiger partial charge in [-0.3, -0.25) is 0 Å². The maximum absolute atomic E-state index is 6.05. The van der Waals surface area contributed by atoms with Crippen molar-refractivity contribution in [3.05, 3.63) is 11.6 Å². The average Bonchev–Trinajstić information content (AvgIpc) is 2.90. The van der Waals surface area contributed by atoms with Crippen molar-refractivity contribution in [1.82, 2.24) is 0 Å². The zero-order valence-electron chi connectivity index (χ0n) is 23.9. The van der Waals surface area contributed by atoms with Crippen molar-refractivity contribution in [2.24, 2.45) is 50.7 Å². The molecule has 4 fully saturated rings. The zero-order valence-corrected chi connectivity index (χ0v) is 23.9. The highest BCUT2D eigenvalue weighted by molar-refractivity contribution is 5.25. The Hall–Kier alpha value is -0.340. The van der Waals surface area contributed by atoms with Gasteiger partial charge in [-0.25, -0.2) is 0 Å². The van der Waals surface area contributed by atoms with Crippen LogP contribution < -0.4 is 0 Å². The van der Waals surface area contributed by atoms with E-state index in [-0.39, 0.29) is 10.8 Å². The molecule has 9 atom stereocenters. The van der Waals surface area contributed by atoms with E-state index in [9.17, 15) is 0 Å². The molecule has 0 aromatic heterocycles. The summed E-state index contributed by atoms with van der Waals surface area (Å²) in [5.41, 5.74) is 3.73. The van der Waals surface area contributed by atoms with Crippen LogP contribution in [0.5, 0.6) is 0 Å². The van der Waals surface area contributed by atoms with Crippen LogP contribution in [0.1, 0.15) is 113 Å². The molecule has 0 aromatic rings. The summed E-state index contributed by atoms with van der Waals surface area (Å²) in [6.07, 6.45) is 17.0. The lowest BCUT2D eigenvalue weighted by atomic mass is 9.42. The van der Waals surface area contributed by atoms with Crippen molar-refractivity contribution in [3.8, 4) is 0 Å². The number of ether oxygens (including phenoxy) is 2. The lowest BCUT2D eigenvalue weighted by molar-refractivity contribution is -0.178. The fourth-order valence-electron chi connectivity index (χ4n) is 11.8. The molecule has 2 heteroatoms. The molecule has 0 amide bonds. The van der Waals surface area contributed by atoms with Gasteiger partial charge in [0.05, 0.1) is 12.2 Å². The Labute approximate surface area is 211 Å². The first-order valence-corrected chi connectivity index (χ1v) is 14.6. The SMILES string of the molecule is CO[C@H]1CC[C@@]2(C)[C@@H]3CC[C@@H]4[C@](C)(CC[C@H]5C(C)(C)[C@H](OC)CC[C@@]45C)CC3=CC[C@@H]2C1(C)C. The van der Waals surface area contributed by atoms with E-state index in [0.29, 0.717) is 28.5 Å². The Morgan fingerprint density at radius 1 is 0.647 bits per heavy atom. The Kier molecular flexibility index (Phi) is 6.01. The summed E-state index contributed by atoms with van der Waals surface area (Å²) in [6.45, 7) is 18.1. The highest BCUT2D eigenvalue weighted by Gasteiger charge is 2.63. The maximum atomic E-state index is 6.05. The van der Waals surface area contributed by atoms with E-state index in [0.717, 1.165) is 23.7 Å². The normalized spacial score (nSPS) is 51.7. The molecule has 0 aliphatic heterocycles. The quantitative estimate of drug-likeness (QED) is 0.377. The van der Waals surface area contributed by atoms with E-state index in [1.54, 1.807) is 0 Å². The predicted octanol–water partition coefficient (Wildman–Crippen LogP) is 8.45. The average molecular weight is 471 g/mol. The Bertz CT molecular complexity index is 825. The minimum Gasteiger partial charge on any atom is -0.381 e. The van der Waals surface area contributed by atoms with Gasteiger partial charge in [-0.2, -0.15) is 0 Å². The molecule has 5 aliphatic carbocycles. The van der Waals surface area contributed by atoms with Gasteiger partial charge in [0.15, 0.2) is 0 Å². The van der Waals surface area contributed by atoms with Crippen LogP contribution in [-0.4, -0.2) is 26.4 Å². The lowest BCUT2D eigenvalue weighted by Crippen LogP contribution is -2.58. The maximum Gasteiger partial charge on any atom is 0.0625 e. The number of hydrogen-bond donors (Lipinski definition) is 0. The van der Waals surface area contributed by atoms with E-state index in [1.807, 2.05) is 19.8 Å². The second kappa shape index (κ2) is 8.08. The van der Waals surface area contributed by atoms with Crippen LogP contribution in [0.15, 0.2) is 11.6 Å². The van der Waals surface area contributed by atoms with Crippen LogP contribution in [0.4, 0.5) is 0 Å². The zero-order chi connectivity index (χ0) is 24.7. The summed E-state index contributed by atoms with van der Waals surface area (Å²) < 4.78 is 12.1. The van der Waals surface area contributed by atoms with Crippen LogP contribution in [0.2, 0.25) is 0 Å². The van der Waals surface area contributed by atoms with Crippen LogP contribution in [0, 0.1) is 50.7 Å². The first-order valence-electron chi connectivity index (χ1n) is 14.6. The molecule has 0 saturated heterocycles. The molecule has 0 radical (unpaired) electrons. The molecule has 34 heavy (non-hydrogen) atoms. The third-order valence-electron chi connectivity index (χ3n) is 13.4. The second-order valence-electron chi connectivity index (χ2n) is 15.4. The molecule has 5 rings (SSSR count). The molecular weight excluding hydrogens is 416 g/mol. The monoisotopic (exact) mass is 470 g/mol. The van der Waals surface area contributed by atoms with Gasteiger partial charge in [-0.15, -0.1) is 0 Å². The molecule has 0 N–H and O–H groups in total. The number of hydrogen-bond acceptors (Lipinski definition) is 2. The van der Waals surface area contributed by atoms with Gasteiger partial charge in [0, 0.05) is 14.2 Å². The number of allylic oxidation sites excluding steroid dienone is 2. The standard InChI is InChI=1S/C32H54O2/c1-28(2)23-12-10-21-20-30(5)17-14-24-29(3,4)27(34-9)16-19-32(24,7)25(30)13-11-22(21)31(23,6)18-15-26(28)33-8/h10,22-27H,11-20H2,1-9H3/t22-,23-,24+,25-,26+,27-,30-,31+,32-/m1/s1. The van der Waals surface area contributed by atoms with Crippen LogP contribution in [0.25, 0.3) is 0 Å². The lowest BCUT2D eigenvalue weighted by Gasteiger charge is -2.64. The van der Waals surface area contributed by atoms with Crippen molar-refractivity contribution in [1.29, 1.82) is 0 Å². The summed E-state index contributed by atoms with van der Waals surface area (Å²) >= 11 is 0. The van der Waals surface area contributed by atoms with Gasteiger partial charge in [0.1, 0.15) is 0 Å². The van der Waals surface area contributed by atoms with Crippen molar-refractivity contribution in [3.63, 3.8) is 0 Å². The van der Waals surface area contributed by atoms with E-state index >= 15 is 0 Å². The van der Waals surface area contributed by atoms with E-state index in [1.165, 1.54) is 64.2 Å². The minimum atomic E-state index is 0.256. The number of rotatable bonds is 2. The van der Waals surface area contributed by atoms with Crippen molar-refractivity contribution in [2.75, 3.05) is 14.2 Å². The number of methoxy groups -OCH3 is 2. The van der Waals surface area contributed by atoms with Gasteiger partial charge in [-0.1, -0.05) is 60.1 Å². The van der Waals surface area contributed by atoms with E-state index in [4.69, 9.17) is 9.47 Å². The molecule has 0 unspecified atom stereocenters. The topological polar surface area (TPSA) is 18.5 Å². The predicted molar refractivity (Wildman–Crippen MR) is 142 cm³/mol. The summed E-state index contributed by atoms with van der Waals surface area (Å²) in [4.78, 5) is 0. The van der Waals surface area contributed by atoms with Crippen LogP contribution >= 0.6 is 0 Å². The van der Waals surface area contributed by atoms with E-state index in [2.05, 4.69) is 54.5 Å².